The van der Waals surface area contributed by atoms with E-state index in [1.165, 1.54) is 6.07 Å². The molecule has 6 heteroatoms. The van der Waals surface area contributed by atoms with Crippen LogP contribution >= 0.6 is 0 Å². The van der Waals surface area contributed by atoms with E-state index in [1.807, 2.05) is 16.8 Å². The van der Waals surface area contributed by atoms with E-state index >= 15 is 0 Å². The molecule has 1 fully saturated rings. The van der Waals surface area contributed by atoms with Crippen LogP contribution in [0.5, 0.6) is 0 Å². The van der Waals surface area contributed by atoms with Crippen molar-refractivity contribution in [1.82, 2.24) is 9.80 Å². The highest BCUT2D eigenvalue weighted by atomic mass is 19.1. The van der Waals surface area contributed by atoms with Gasteiger partial charge in [-0.1, -0.05) is 25.5 Å². The van der Waals surface area contributed by atoms with Crippen LogP contribution in [0.4, 0.5) is 10.1 Å². The molecule has 138 valence electrons. The Hall–Kier alpha value is -1.95. The van der Waals surface area contributed by atoms with Gasteiger partial charge < -0.3 is 10.2 Å². The van der Waals surface area contributed by atoms with Gasteiger partial charge in [0, 0.05) is 19.5 Å². The number of hydrogen-bond acceptors (Lipinski definition) is 3. The summed E-state index contributed by atoms with van der Waals surface area (Å²) in [7, 11) is 1.87. The summed E-state index contributed by atoms with van der Waals surface area (Å²) in [4.78, 5) is 28.3. The van der Waals surface area contributed by atoms with Crippen molar-refractivity contribution in [2.75, 3.05) is 38.5 Å². The van der Waals surface area contributed by atoms with Crippen molar-refractivity contribution in [3.8, 4) is 0 Å². The summed E-state index contributed by atoms with van der Waals surface area (Å²) in [5, 5.41) is 2.60. The average Bonchev–Trinajstić information content (AvgIpc) is 2.61. The van der Waals surface area contributed by atoms with E-state index in [0.29, 0.717) is 13.1 Å². The minimum Gasteiger partial charge on any atom is -0.346 e. The van der Waals surface area contributed by atoms with E-state index < -0.39 is 5.82 Å². The number of carbonyl (C=O) groups excluding carboxylic acids is 2. The summed E-state index contributed by atoms with van der Waals surface area (Å²) in [5.74, 6) is -0.401. The topological polar surface area (TPSA) is 52.7 Å². The zero-order chi connectivity index (χ0) is 18.2. The molecule has 1 heterocycles. The molecule has 2 amide bonds. The van der Waals surface area contributed by atoms with Crippen LogP contribution in [-0.2, 0) is 9.59 Å². The van der Waals surface area contributed by atoms with Gasteiger partial charge in [-0.05, 0) is 44.5 Å². The quantitative estimate of drug-likeness (QED) is 0.823. The van der Waals surface area contributed by atoms with Gasteiger partial charge in [-0.15, -0.1) is 0 Å². The number of benzene rings is 1. The first-order chi connectivity index (χ1) is 12.0. The van der Waals surface area contributed by atoms with Gasteiger partial charge in [-0.25, -0.2) is 4.39 Å². The molecule has 2 rings (SSSR count). The maximum Gasteiger partial charge on any atom is 0.238 e. The van der Waals surface area contributed by atoms with E-state index in [4.69, 9.17) is 0 Å². The lowest BCUT2D eigenvalue weighted by molar-refractivity contribution is -0.135. The zero-order valence-electron chi connectivity index (χ0n) is 15.1. The van der Waals surface area contributed by atoms with Crippen molar-refractivity contribution in [3.05, 3.63) is 30.1 Å². The lowest BCUT2D eigenvalue weighted by atomic mass is 9.95. The lowest BCUT2D eigenvalue weighted by Gasteiger charge is -2.32. The maximum atomic E-state index is 13.6. The Bertz CT molecular complexity index is 586. The SMILES string of the molecule is CCCCN(C)C(=O)C1CCN(CC(=O)Nc2ccccc2F)CC1. The highest BCUT2D eigenvalue weighted by molar-refractivity contribution is 5.92. The third-order valence-electron chi connectivity index (χ3n) is 4.68. The summed E-state index contributed by atoms with van der Waals surface area (Å²) in [6.45, 7) is 4.57. The van der Waals surface area contributed by atoms with Crippen LogP contribution in [0.25, 0.3) is 0 Å². The number of para-hydroxylation sites is 1. The molecule has 1 aromatic carbocycles. The van der Waals surface area contributed by atoms with E-state index in [-0.39, 0.29) is 30.0 Å². The second-order valence-corrected chi connectivity index (χ2v) is 6.69. The predicted molar refractivity (Wildman–Crippen MR) is 96.7 cm³/mol. The molecule has 0 spiro atoms. The molecule has 1 N–H and O–H groups in total. The summed E-state index contributed by atoms with van der Waals surface area (Å²) in [5.41, 5.74) is 0.204. The number of hydrogen-bond donors (Lipinski definition) is 1. The Kier molecular flexibility index (Phi) is 7.37. The van der Waals surface area contributed by atoms with E-state index in [2.05, 4.69) is 12.2 Å². The lowest BCUT2D eigenvalue weighted by Crippen LogP contribution is -2.43. The largest absolute Gasteiger partial charge is 0.346 e. The van der Waals surface area contributed by atoms with Crippen LogP contribution in [0.2, 0.25) is 0 Å². The summed E-state index contributed by atoms with van der Waals surface area (Å²) in [6, 6.07) is 6.14. The number of piperidine rings is 1. The third kappa shape index (κ3) is 5.81. The summed E-state index contributed by atoms with van der Waals surface area (Å²) >= 11 is 0. The normalized spacial score (nSPS) is 15.8. The minimum absolute atomic E-state index is 0.0488. The van der Waals surface area contributed by atoms with Crippen molar-refractivity contribution < 1.29 is 14.0 Å². The fraction of sp³-hybridized carbons (Fsp3) is 0.579. The Balaban J connectivity index is 1.75. The van der Waals surface area contributed by atoms with Gasteiger partial charge in [-0.3, -0.25) is 14.5 Å². The number of nitrogens with one attached hydrogen (secondary N) is 1. The number of nitrogens with zero attached hydrogens (tertiary/aromatic N) is 2. The molecule has 0 saturated carbocycles. The smallest absolute Gasteiger partial charge is 0.238 e. The van der Waals surface area contributed by atoms with Gasteiger partial charge in [0.25, 0.3) is 0 Å². The highest BCUT2D eigenvalue weighted by Crippen LogP contribution is 2.20. The van der Waals surface area contributed by atoms with Crippen LogP contribution in [0, 0.1) is 11.7 Å². The molecular weight excluding hydrogens is 321 g/mol. The molecule has 1 aromatic rings. The molecule has 0 unspecified atom stereocenters. The number of unbranched alkanes of at least 4 members (excludes halogenated alkanes) is 1. The van der Waals surface area contributed by atoms with E-state index in [9.17, 15) is 14.0 Å². The van der Waals surface area contributed by atoms with Crippen LogP contribution in [-0.4, -0.2) is 54.8 Å². The number of amides is 2. The molecule has 1 saturated heterocycles. The number of rotatable bonds is 7. The van der Waals surface area contributed by atoms with Gasteiger partial charge in [0.15, 0.2) is 0 Å². The number of likely N-dealkylation sites (tertiary alicyclic amines) is 1. The van der Waals surface area contributed by atoms with Gasteiger partial charge in [0.2, 0.25) is 11.8 Å². The van der Waals surface area contributed by atoms with Crippen molar-refractivity contribution in [3.63, 3.8) is 0 Å². The van der Waals surface area contributed by atoms with Gasteiger partial charge >= 0.3 is 0 Å². The number of carbonyl (C=O) groups is 2. The standard InChI is InChI=1S/C19H28FN3O2/c1-3-4-11-22(2)19(25)15-9-12-23(13-10-15)14-18(24)21-17-8-6-5-7-16(17)20/h5-8,15H,3-4,9-14H2,1-2H3,(H,21,24). The van der Waals surface area contributed by atoms with E-state index in [0.717, 1.165) is 32.2 Å². The Labute approximate surface area is 149 Å². The molecular formula is C19H28FN3O2. The molecule has 0 radical (unpaired) electrons. The van der Waals surface area contributed by atoms with Gasteiger partial charge in [0.1, 0.15) is 5.82 Å². The second kappa shape index (κ2) is 9.51. The van der Waals surface area contributed by atoms with Crippen molar-refractivity contribution in [1.29, 1.82) is 0 Å². The number of anilines is 1. The molecule has 25 heavy (non-hydrogen) atoms. The van der Waals surface area contributed by atoms with Crippen LogP contribution in [0.3, 0.4) is 0 Å². The first-order valence-corrected chi connectivity index (χ1v) is 9.03. The molecule has 0 aromatic heterocycles. The maximum absolute atomic E-state index is 13.6. The fourth-order valence-electron chi connectivity index (χ4n) is 3.11. The first kappa shape index (κ1) is 19.4. The molecule has 1 aliphatic heterocycles. The van der Waals surface area contributed by atoms with E-state index in [1.54, 1.807) is 18.2 Å². The molecule has 0 bridgehead atoms. The fourth-order valence-corrected chi connectivity index (χ4v) is 3.11. The minimum atomic E-state index is -0.435. The first-order valence-electron chi connectivity index (χ1n) is 9.03. The van der Waals surface area contributed by atoms with Crippen LogP contribution < -0.4 is 5.32 Å². The Morgan fingerprint density at radius 1 is 1.28 bits per heavy atom. The third-order valence-corrected chi connectivity index (χ3v) is 4.68. The number of halogens is 1. The summed E-state index contributed by atoms with van der Waals surface area (Å²) < 4.78 is 13.6. The predicted octanol–water partition coefficient (Wildman–Crippen LogP) is 2.73. The highest BCUT2D eigenvalue weighted by Gasteiger charge is 2.27. The van der Waals surface area contributed by atoms with Crippen LogP contribution in [0.15, 0.2) is 24.3 Å². The molecule has 5 nitrogen and oxygen atoms in total. The zero-order valence-corrected chi connectivity index (χ0v) is 15.1. The van der Waals surface area contributed by atoms with Crippen molar-refractivity contribution >= 4 is 17.5 Å². The monoisotopic (exact) mass is 349 g/mol. The Morgan fingerprint density at radius 3 is 2.60 bits per heavy atom. The van der Waals surface area contributed by atoms with Crippen LogP contribution in [0.1, 0.15) is 32.6 Å². The average molecular weight is 349 g/mol. The molecule has 0 atom stereocenters. The van der Waals surface area contributed by atoms with Crippen molar-refractivity contribution in [2.45, 2.75) is 32.6 Å². The van der Waals surface area contributed by atoms with Crippen molar-refractivity contribution in [2.24, 2.45) is 5.92 Å². The summed E-state index contributed by atoms with van der Waals surface area (Å²) in [6.07, 6.45) is 3.63. The molecule has 0 aliphatic carbocycles. The second-order valence-electron chi connectivity index (χ2n) is 6.69. The van der Waals surface area contributed by atoms with Gasteiger partial charge in [0.05, 0.1) is 12.2 Å². The van der Waals surface area contributed by atoms with Gasteiger partial charge in [-0.2, -0.15) is 0 Å². The molecule has 1 aliphatic rings. The Morgan fingerprint density at radius 2 is 1.96 bits per heavy atom.